The van der Waals surface area contributed by atoms with Crippen LogP contribution in [0.15, 0.2) is 78.9 Å². The fourth-order valence-corrected chi connectivity index (χ4v) is 4.10. The summed E-state index contributed by atoms with van der Waals surface area (Å²) in [5.41, 5.74) is 2.36. The molecule has 0 aliphatic carbocycles. The van der Waals surface area contributed by atoms with Crippen molar-refractivity contribution in [2.75, 3.05) is 17.2 Å². The number of ether oxygens (including phenoxy) is 1. The minimum absolute atomic E-state index is 0.139. The van der Waals surface area contributed by atoms with E-state index in [1.807, 2.05) is 61.5 Å². The molecule has 6 nitrogen and oxygen atoms in total. The summed E-state index contributed by atoms with van der Waals surface area (Å²) in [5, 5.41) is 2.88. The van der Waals surface area contributed by atoms with Gasteiger partial charge < -0.3 is 10.1 Å². The highest BCUT2D eigenvalue weighted by Crippen LogP contribution is 2.25. The smallest absolute Gasteiger partial charge is 0.253 e. The van der Waals surface area contributed by atoms with Gasteiger partial charge in [0, 0.05) is 6.54 Å². The van der Waals surface area contributed by atoms with E-state index >= 15 is 0 Å². The first kappa shape index (κ1) is 22.4. The number of nitrogens with zero attached hydrogens (tertiary/aromatic N) is 1. The van der Waals surface area contributed by atoms with Gasteiger partial charge in [0.2, 0.25) is 10.0 Å². The van der Waals surface area contributed by atoms with Crippen molar-refractivity contribution in [2.24, 2.45) is 0 Å². The van der Waals surface area contributed by atoms with Gasteiger partial charge in [-0.3, -0.25) is 9.10 Å². The Labute approximate surface area is 183 Å². The normalized spacial score (nSPS) is 11.0. The van der Waals surface area contributed by atoms with Gasteiger partial charge in [-0.1, -0.05) is 54.6 Å². The van der Waals surface area contributed by atoms with Gasteiger partial charge in [-0.2, -0.15) is 0 Å². The lowest BCUT2D eigenvalue weighted by atomic mass is 10.1. The first-order chi connectivity index (χ1) is 14.9. The SMILES string of the molecule is CCOc1cccc(CNC(=O)c2ccccc2N(Cc2ccccc2)S(C)(=O)=O)c1. The third-order valence-corrected chi connectivity index (χ3v) is 5.78. The van der Waals surface area contributed by atoms with Crippen LogP contribution in [0.4, 0.5) is 5.69 Å². The molecule has 1 N–H and O–H groups in total. The van der Waals surface area contributed by atoms with Crippen LogP contribution in [0.3, 0.4) is 0 Å². The van der Waals surface area contributed by atoms with Crippen molar-refractivity contribution in [3.8, 4) is 5.75 Å². The molecule has 0 radical (unpaired) electrons. The van der Waals surface area contributed by atoms with Crippen LogP contribution < -0.4 is 14.4 Å². The Morgan fingerprint density at radius 3 is 2.32 bits per heavy atom. The molecular formula is C24H26N2O4S. The predicted octanol–water partition coefficient (Wildman–Crippen LogP) is 3.98. The molecule has 0 heterocycles. The van der Waals surface area contributed by atoms with Crippen LogP contribution >= 0.6 is 0 Å². The van der Waals surface area contributed by atoms with Gasteiger partial charge in [-0.15, -0.1) is 0 Å². The van der Waals surface area contributed by atoms with Crippen LogP contribution in [0.5, 0.6) is 5.75 Å². The van der Waals surface area contributed by atoms with E-state index in [1.165, 1.54) is 4.31 Å². The summed E-state index contributed by atoms with van der Waals surface area (Å²) in [6.07, 6.45) is 1.14. The fraction of sp³-hybridized carbons (Fsp3) is 0.208. The molecular weight excluding hydrogens is 412 g/mol. The molecule has 0 aromatic heterocycles. The van der Waals surface area contributed by atoms with Gasteiger partial charge in [-0.05, 0) is 42.3 Å². The van der Waals surface area contributed by atoms with E-state index in [-0.39, 0.29) is 12.5 Å². The average molecular weight is 439 g/mol. The zero-order valence-corrected chi connectivity index (χ0v) is 18.4. The highest BCUT2D eigenvalue weighted by Gasteiger charge is 2.23. The number of hydrogen-bond acceptors (Lipinski definition) is 4. The fourth-order valence-electron chi connectivity index (χ4n) is 3.20. The van der Waals surface area contributed by atoms with Crippen molar-refractivity contribution < 1.29 is 17.9 Å². The van der Waals surface area contributed by atoms with Gasteiger partial charge in [0.15, 0.2) is 0 Å². The van der Waals surface area contributed by atoms with Crippen molar-refractivity contribution in [1.29, 1.82) is 0 Å². The second kappa shape index (κ2) is 10.1. The summed E-state index contributed by atoms with van der Waals surface area (Å²) in [6, 6.07) is 23.5. The van der Waals surface area contributed by atoms with Gasteiger partial charge in [0.1, 0.15) is 5.75 Å². The number of benzene rings is 3. The maximum atomic E-state index is 13.0. The maximum absolute atomic E-state index is 13.0. The second-order valence-corrected chi connectivity index (χ2v) is 8.94. The Kier molecular flexibility index (Phi) is 7.31. The Balaban J connectivity index is 1.84. The van der Waals surface area contributed by atoms with E-state index in [2.05, 4.69) is 5.32 Å². The number of carbonyl (C=O) groups excluding carboxylic acids is 1. The molecule has 0 unspecified atom stereocenters. The summed E-state index contributed by atoms with van der Waals surface area (Å²) in [7, 11) is -3.61. The van der Waals surface area contributed by atoms with Crippen molar-refractivity contribution in [1.82, 2.24) is 5.32 Å². The molecule has 3 rings (SSSR count). The van der Waals surface area contributed by atoms with E-state index < -0.39 is 10.0 Å². The Morgan fingerprint density at radius 1 is 0.935 bits per heavy atom. The quantitative estimate of drug-likeness (QED) is 0.548. The van der Waals surface area contributed by atoms with E-state index in [4.69, 9.17) is 4.74 Å². The summed E-state index contributed by atoms with van der Waals surface area (Å²) < 4.78 is 31.9. The second-order valence-electron chi connectivity index (χ2n) is 7.04. The summed E-state index contributed by atoms with van der Waals surface area (Å²) in [4.78, 5) is 13.0. The minimum atomic E-state index is -3.61. The highest BCUT2D eigenvalue weighted by molar-refractivity contribution is 7.92. The average Bonchev–Trinajstić information content (AvgIpc) is 2.76. The van der Waals surface area contributed by atoms with E-state index in [9.17, 15) is 13.2 Å². The van der Waals surface area contributed by atoms with Gasteiger partial charge >= 0.3 is 0 Å². The molecule has 3 aromatic carbocycles. The largest absolute Gasteiger partial charge is 0.494 e. The van der Waals surface area contributed by atoms with Gasteiger partial charge in [-0.25, -0.2) is 8.42 Å². The Morgan fingerprint density at radius 2 is 1.61 bits per heavy atom. The van der Waals surface area contributed by atoms with E-state index in [1.54, 1.807) is 24.3 Å². The standard InChI is InChI=1S/C24H26N2O4S/c1-3-30-21-13-9-12-20(16-21)17-25-24(27)22-14-7-8-15-23(22)26(31(2,28)29)18-19-10-5-4-6-11-19/h4-16H,3,17-18H2,1-2H3,(H,25,27). The van der Waals surface area contributed by atoms with Crippen molar-refractivity contribution in [3.05, 3.63) is 95.6 Å². The Bertz CT molecular complexity index is 1130. The molecule has 0 aliphatic rings. The number of anilines is 1. The third-order valence-electron chi connectivity index (χ3n) is 4.65. The predicted molar refractivity (Wildman–Crippen MR) is 123 cm³/mol. The molecule has 7 heteroatoms. The molecule has 31 heavy (non-hydrogen) atoms. The van der Waals surface area contributed by atoms with Gasteiger partial charge in [0.05, 0.1) is 30.7 Å². The first-order valence-electron chi connectivity index (χ1n) is 9.99. The molecule has 162 valence electrons. The molecule has 0 saturated carbocycles. The lowest BCUT2D eigenvalue weighted by molar-refractivity contribution is 0.0951. The number of nitrogens with one attached hydrogen (secondary N) is 1. The van der Waals surface area contributed by atoms with Crippen LogP contribution in [0.25, 0.3) is 0 Å². The van der Waals surface area contributed by atoms with Crippen molar-refractivity contribution in [2.45, 2.75) is 20.0 Å². The number of sulfonamides is 1. The van der Waals surface area contributed by atoms with Crippen LogP contribution in [-0.4, -0.2) is 27.2 Å². The molecule has 3 aromatic rings. The van der Waals surface area contributed by atoms with Crippen LogP contribution in [0, 0.1) is 0 Å². The number of hydrogen-bond donors (Lipinski definition) is 1. The molecule has 0 fully saturated rings. The van der Waals surface area contributed by atoms with Crippen LogP contribution in [-0.2, 0) is 23.1 Å². The molecule has 0 saturated heterocycles. The molecule has 1 amide bonds. The van der Waals surface area contributed by atoms with Crippen molar-refractivity contribution >= 4 is 21.6 Å². The van der Waals surface area contributed by atoms with Gasteiger partial charge in [0.25, 0.3) is 5.91 Å². The summed E-state index contributed by atoms with van der Waals surface area (Å²) in [6.45, 7) is 2.91. The number of carbonyl (C=O) groups is 1. The lowest BCUT2D eigenvalue weighted by Crippen LogP contribution is -2.32. The molecule has 0 aliphatic heterocycles. The monoisotopic (exact) mass is 438 g/mol. The van der Waals surface area contributed by atoms with Crippen LogP contribution in [0.1, 0.15) is 28.4 Å². The third kappa shape index (κ3) is 6.08. The number of para-hydroxylation sites is 1. The molecule has 0 spiro atoms. The lowest BCUT2D eigenvalue weighted by Gasteiger charge is -2.24. The zero-order valence-electron chi connectivity index (χ0n) is 17.6. The number of amides is 1. The van der Waals surface area contributed by atoms with Crippen LogP contribution in [0.2, 0.25) is 0 Å². The summed E-state index contributed by atoms with van der Waals surface area (Å²) >= 11 is 0. The van der Waals surface area contributed by atoms with Crippen molar-refractivity contribution in [3.63, 3.8) is 0 Å². The zero-order chi connectivity index (χ0) is 22.3. The van der Waals surface area contributed by atoms with E-state index in [0.717, 1.165) is 23.1 Å². The summed E-state index contributed by atoms with van der Waals surface area (Å²) in [5.74, 6) is 0.389. The highest BCUT2D eigenvalue weighted by atomic mass is 32.2. The molecule has 0 bridgehead atoms. The molecule has 0 atom stereocenters. The Hall–Kier alpha value is -3.32. The maximum Gasteiger partial charge on any atom is 0.253 e. The number of rotatable bonds is 9. The van der Waals surface area contributed by atoms with E-state index in [0.29, 0.717) is 24.4 Å². The minimum Gasteiger partial charge on any atom is -0.494 e. The first-order valence-corrected chi connectivity index (χ1v) is 11.8. The topological polar surface area (TPSA) is 75.7 Å².